The van der Waals surface area contributed by atoms with Crippen LogP contribution in [0.2, 0.25) is 4.34 Å². The van der Waals surface area contributed by atoms with Gasteiger partial charge in [-0.05, 0) is 61.2 Å². The normalized spacial score (nSPS) is 16.6. The number of thiophene rings is 1. The molecule has 204 valence electrons. The van der Waals surface area contributed by atoms with Crippen LogP contribution in [-0.2, 0) is 34.0 Å². The van der Waals surface area contributed by atoms with Crippen molar-refractivity contribution in [3.05, 3.63) is 81.2 Å². The van der Waals surface area contributed by atoms with E-state index in [0.717, 1.165) is 39.9 Å². The molecular weight excluding hydrogens is 573 g/mol. The lowest BCUT2D eigenvalue weighted by molar-refractivity contribution is -0.137. The van der Waals surface area contributed by atoms with Crippen molar-refractivity contribution in [2.75, 3.05) is 6.54 Å². The molecule has 0 amide bonds. The third-order valence-electron chi connectivity index (χ3n) is 6.13. The molecule has 1 aliphatic heterocycles. The average molecular weight is 594 g/mol. The molecule has 1 saturated heterocycles. The number of ketones is 1. The quantitative estimate of drug-likeness (QED) is 0.261. The van der Waals surface area contributed by atoms with E-state index < -0.39 is 50.8 Å². The summed E-state index contributed by atoms with van der Waals surface area (Å²) in [6, 6.07) is 8.01. The van der Waals surface area contributed by atoms with E-state index in [4.69, 9.17) is 16.3 Å². The van der Waals surface area contributed by atoms with Gasteiger partial charge >= 0.3 is 6.18 Å². The maximum Gasteiger partial charge on any atom is 0.416 e. The molecule has 1 aromatic heterocycles. The van der Waals surface area contributed by atoms with Crippen molar-refractivity contribution in [3.63, 3.8) is 0 Å². The number of carbonyl (C=O) groups is 1. The largest absolute Gasteiger partial charge is 0.486 e. The number of alkyl halides is 3. The molecule has 1 atom stereocenters. The van der Waals surface area contributed by atoms with Crippen molar-refractivity contribution >= 4 is 38.7 Å². The predicted octanol–water partition coefficient (Wildman–Crippen LogP) is 6.63. The highest BCUT2D eigenvalue weighted by atomic mass is 35.5. The number of carbonyl (C=O) groups excluding carboxylic acids is 1. The van der Waals surface area contributed by atoms with Crippen LogP contribution in [0, 0.1) is 11.6 Å². The second kappa shape index (κ2) is 11.3. The minimum atomic E-state index is -4.49. The van der Waals surface area contributed by atoms with Crippen molar-refractivity contribution < 1.29 is 39.9 Å². The first kappa shape index (κ1) is 28.5. The molecular formula is C25H21ClF5NO4S2. The van der Waals surface area contributed by atoms with Crippen LogP contribution in [0.15, 0.2) is 52.7 Å². The van der Waals surface area contributed by atoms with Crippen LogP contribution in [-0.4, -0.2) is 31.1 Å². The van der Waals surface area contributed by atoms with Crippen LogP contribution in [0.25, 0.3) is 0 Å². The number of Topliss-reactive ketones (excluding diaryl/α,β-unsaturated/α-hetero) is 1. The van der Waals surface area contributed by atoms with Gasteiger partial charge in [0.05, 0.1) is 15.9 Å². The fourth-order valence-electron chi connectivity index (χ4n) is 4.18. The zero-order valence-electron chi connectivity index (χ0n) is 19.6. The summed E-state index contributed by atoms with van der Waals surface area (Å²) in [5.74, 6) is -2.73. The SMILES string of the molecule is O=C(CCc1c(F)ccc(OCc2ccc(C(F)(F)F)cc2)c1F)[C@@H]1CCCN1S(=O)(=O)c1ccc(Cl)s1. The molecule has 0 unspecified atom stereocenters. The Morgan fingerprint density at radius 1 is 1.08 bits per heavy atom. The van der Waals surface area contributed by atoms with E-state index in [1.807, 2.05) is 0 Å². The monoisotopic (exact) mass is 593 g/mol. The summed E-state index contributed by atoms with van der Waals surface area (Å²) in [7, 11) is -3.95. The van der Waals surface area contributed by atoms with Crippen molar-refractivity contribution in [2.24, 2.45) is 0 Å². The Bertz CT molecular complexity index is 1420. The predicted molar refractivity (Wildman–Crippen MR) is 132 cm³/mol. The summed E-state index contributed by atoms with van der Waals surface area (Å²) < 4.78 is 100. The first-order valence-electron chi connectivity index (χ1n) is 11.4. The van der Waals surface area contributed by atoms with Crippen molar-refractivity contribution in [1.82, 2.24) is 4.31 Å². The molecule has 0 bridgehead atoms. The molecule has 1 aliphatic rings. The number of hydrogen-bond donors (Lipinski definition) is 0. The van der Waals surface area contributed by atoms with Crippen molar-refractivity contribution in [2.45, 2.75) is 48.7 Å². The summed E-state index contributed by atoms with van der Waals surface area (Å²) in [5, 5.41) is 0. The van der Waals surface area contributed by atoms with Gasteiger partial charge in [0, 0.05) is 18.5 Å². The third-order valence-corrected chi connectivity index (χ3v) is 9.74. The number of benzene rings is 2. The standard InChI is InChI=1S/C25H21ClF5NO4S2/c26-22-11-12-23(37-22)38(34,35)32-13-1-2-19(32)20(33)9-7-17-18(27)8-10-21(24(17)28)36-14-15-3-5-16(6-4-15)25(29,30)31/h3-6,8,10-12,19H,1-2,7,9,13-14H2/t19-/m0/s1. The highest BCUT2D eigenvalue weighted by molar-refractivity contribution is 7.91. The molecule has 1 fully saturated rings. The molecule has 4 rings (SSSR count). The van der Waals surface area contributed by atoms with Gasteiger partial charge in [-0.15, -0.1) is 11.3 Å². The Balaban J connectivity index is 1.42. The zero-order valence-corrected chi connectivity index (χ0v) is 22.0. The van der Waals surface area contributed by atoms with Gasteiger partial charge in [0.15, 0.2) is 17.3 Å². The van der Waals surface area contributed by atoms with Gasteiger partial charge < -0.3 is 4.74 Å². The highest BCUT2D eigenvalue weighted by Gasteiger charge is 2.39. The highest BCUT2D eigenvalue weighted by Crippen LogP contribution is 2.34. The third kappa shape index (κ3) is 6.19. The molecule has 0 aliphatic carbocycles. The van der Waals surface area contributed by atoms with E-state index in [1.54, 1.807) is 0 Å². The first-order valence-corrected chi connectivity index (χ1v) is 14.1. The Hall–Kier alpha value is -2.54. The van der Waals surface area contributed by atoms with Gasteiger partial charge in [-0.3, -0.25) is 4.79 Å². The van der Waals surface area contributed by atoms with Gasteiger partial charge in [-0.2, -0.15) is 17.5 Å². The molecule has 5 nitrogen and oxygen atoms in total. The molecule has 38 heavy (non-hydrogen) atoms. The summed E-state index contributed by atoms with van der Waals surface area (Å²) >= 11 is 6.74. The number of ether oxygens (including phenoxy) is 1. The Morgan fingerprint density at radius 2 is 1.79 bits per heavy atom. The van der Waals surface area contributed by atoms with Gasteiger partial charge in [0.25, 0.3) is 10.0 Å². The Morgan fingerprint density at radius 3 is 2.42 bits per heavy atom. The minimum Gasteiger partial charge on any atom is -0.486 e. The Labute approximate surface area is 224 Å². The summed E-state index contributed by atoms with van der Waals surface area (Å²) in [6.45, 7) is -0.120. The second-order valence-electron chi connectivity index (χ2n) is 8.62. The van der Waals surface area contributed by atoms with Crippen LogP contribution in [0.3, 0.4) is 0 Å². The molecule has 2 heterocycles. The zero-order chi connectivity index (χ0) is 27.7. The lowest BCUT2D eigenvalue weighted by Gasteiger charge is -2.22. The second-order valence-corrected chi connectivity index (χ2v) is 12.5. The van der Waals surface area contributed by atoms with Crippen LogP contribution in [0.4, 0.5) is 22.0 Å². The summed E-state index contributed by atoms with van der Waals surface area (Å²) in [4.78, 5) is 12.9. The number of hydrogen-bond acceptors (Lipinski definition) is 5. The number of nitrogens with zero attached hydrogens (tertiary/aromatic N) is 1. The number of halogens is 6. The minimum absolute atomic E-state index is 0.0113. The Kier molecular flexibility index (Phi) is 8.46. The lowest BCUT2D eigenvalue weighted by Crippen LogP contribution is -2.40. The van der Waals surface area contributed by atoms with Crippen LogP contribution < -0.4 is 4.74 Å². The van der Waals surface area contributed by atoms with Gasteiger partial charge in [0.1, 0.15) is 16.6 Å². The number of rotatable bonds is 9. The lowest BCUT2D eigenvalue weighted by atomic mass is 10.0. The van der Waals surface area contributed by atoms with Crippen LogP contribution in [0.5, 0.6) is 5.75 Å². The van der Waals surface area contributed by atoms with E-state index in [1.165, 1.54) is 24.3 Å². The number of sulfonamides is 1. The first-order chi connectivity index (χ1) is 17.9. The molecule has 0 saturated carbocycles. The van der Waals surface area contributed by atoms with Gasteiger partial charge in [-0.25, -0.2) is 17.2 Å². The maximum absolute atomic E-state index is 15.0. The molecule has 3 aromatic rings. The fraction of sp³-hybridized carbons (Fsp3) is 0.320. The maximum atomic E-state index is 15.0. The molecule has 13 heteroatoms. The van der Waals surface area contributed by atoms with E-state index in [-0.39, 0.29) is 40.3 Å². The van der Waals surface area contributed by atoms with E-state index in [2.05, 4.69) is 0 Å². The van der Waals surface area contributed by atoms with E-state index in [9.17, 15) is 30.8 Å². The average Bonchev–Trinajstić information content (AvgIpc) is 3.53. The van der Waals surface area contributed by atoms with Crippen LogP contribution in [0.1, 0.15) is 36.0 Å². The van der Waals surface area contributed by atoms with Crippen molar-refractivity contribution in [3.8, 4) is 5.75 Å². The smallest absolute Gasteiger partial charge is 0.416 e. The summed E-state index contributed by atoms with van der Waals surface area (Å²) in [6.07, 6.45) is -4.38. The molecule has 0 radical (unpaired) electrons. The summed E-state index contributed by atoms with van der Waals surface area (Å²) in [5.41, 5.74) is -0.900. The van der Waals surface area contributed by atoms with Gasteiger partial charge in [-0.1, -0.05) is 23.7 Å². The fourth-order valence-corrected chi connectivity index (χ4v) is 7.47. The van der Waals surface area contributed by atoms with E-state index in [0.29, 0.717) is 18.4 Å². The van der Waals surface area contributed by atoms with E-state index >= 15 is 4.39 Å². The molecule has 2 aromatic carbocycles. The topological polar surface area (TPSA) is 63.7 Å². The molecule has 0 spiro atoms. The van der Waals surface area contributed by atoms with Crippen LogP contribution >= 0.6 is 22.9 Å². The van der Waals surface area contributed by atoms with Crippen molar-refractivity contribution in [1.29, 1.82) is 0 Å². The van der Waals surface area contributed by atoms with Gasteiger partial charge in [0.2, 0.25) is 0 Å². The molecule has 0 N–H and O–H groups in total.